The number of primary amides is 1. The van der Waals surface area contributed by atoms with Crippen LogP contribution in [-0.2, 0) is 4.79 Å². The maximum absolute atomic E-state index is 10.6. The van der Waals surface area contributed by atoms with E-state index in [-0.39, 0.29) is 11.9 Å². The molecule has 1 fully saturated rings. The number of amides is 1. The van der Waals surface area contributed by atoms with Crippen molar-refractivity contribution in [2.45, 2.75) is 51.6 Å². The Labute approximate surface area is 80.1 Å². The lowest BCUT2D eigenvalue weighted by molar-refractivity contribution is -0.118. The fraction of sp³-hybridized carbons (Fsp3) is 0.900. The molecule has 1 aliphatic carbocycles. The van der Waals surface area contributed by atoms with E-state index in [1.807, 2.05) is 6.92 Å². The summed E-state index contributed by atoms with van der Waals surface area (Å²) in [7, 11) is 0. The van der Waals surface area contributed by atoms with Crippen LogP contribution in [0.5, 0.6) is 0 Å². The first kappa shape index (κ1) is 10.5. The van der Waals surface area contributed by atoms with Gasteiger partial charge in [-0.05, 0) is 26.2 Å². The molecule has 0 aromatic rings. The maximum atomic E-state index is 10.6. The molecule has 0 saturated heterocycles. The third-order valence-electron chi connectivity index (χ3n) is 2.46. The minimum atomic E-state index is -0.223. The van der Waals surface area contributed by atoms with Gasteiger partial charge < -0.3 is 11.1 Å². The lowest BCUT2D eigenvalue weighted by Crippen LogP contribution is -2.37. The molecule has 2 atom stereocenters. The van der Waals surface area contributed by atoms with E-state index in [1.54, 1.807) is 0 Å². The van der Waals surface area contributed by atoms with Crippen LogP contribution in [0, 0.1) is 5.92 Å². The molecule has 13 heavy (non-hydrogen) atoms. The second-order valence-corrected chi connectivity index (χ2v) is 4.32. The molecule has 0 spiro atoms. The molecule has 0 aromatic carbocycles. The van der Waals surface area contributed by atoms with Gasteiger partial charge in [-0.15, -0.1) is 0 Å². The van der Waals surface area contributed by atoms with Crippen LogP contribution in [0.15, 0.2) is 0 Å². The zero-order valence-corrected chi connectivity index (χ0v) is 8.55. The maximum Gasteiger partial charge on any atom is 0.218 e. The average molecular weight is 184 g/mol. The molecular weight excluding hydrogens is 164 g/mol. The van der Waals surface area contributed by atoms with Crippen molar-refractivity contribution in [3.8, 4) is 0 Å². The summed E-state index contributed by atoms with van der Waals surface area (Å²) in [5, 5.41) is 3.38. The van der Waals surface area contributed by atoms with Gasteiger partial charge in [0.1, 0.15) is 0 Å². The van der Waals surface area contributed by atoms with Crippen LogP contribution in [0.1, 0.15) is 39.5 Å². The van der Waals surface area contributed by atoms with Gasteiger partial charge in [0.2, 0.25) is 5.91 Å². The molecule has 1 saturated carbocycles. The molecule has 0 aromatic heterocycles. The third kappa shape index (κ3) is 4.88. The molecule has 3 heteroatoms. The van der Waals surface area contributed by atoms with E-state index >= 15 is 0 Å². The van der Waals surface area contributed by atoms with E-state index in [0.29, 0.717) is 12.5 Å². The van der Waals surface area contributed by atoms with Crippen LogP contribution in [0.3, 0.4) is 0 Å². The Morgan fingerprint density at radius 2 is 2.08 bits per heavy atom. The van der Waals surface area contributed by atoms with E-state index in [1.165, 1.54) is 19.3 Å². The molecule has 3 nitrogen and oxygen atoms in total. The van der Waals surface area contributed by atoms with Crippen LogP contribution < -0.4 is 11.1 Å². The van der Waals surface area contributed by atoms with Gasteiger partial charge in [0.15, 0.2) is 0 Å². The molecule has 3 N–H and O–H groups in total. The highest BCUT2D eigenvalue weighted by molar-refractivity contribution is 5.74. The zero-order valence-electron chi connectivity index (χ0n) is 8.55. The van der Waals surface area contributed by atoms with Crippen LogP contribution in [-0.4, -0.2) is 18.0 Å². The summed E-state index contributed by atoms with van der Waals surface area (Å²) in [5.74, 6) is 0.710. The van der Waals surface area contributed by atoms with Crippen molar-refractivity contribution in [1.29, 1.82) is 0 Å². The van der Waals surface area contributed by atoms with Gasteiger partial charge in [-0.3, -0.25) is 4.79 Å². The third-order valence-corrected chi connectivity index (χ3v) is 2.46. The molecule has 0 bridgehead atoms. The van der Waals surface area contributed by atoms with Gasteiger partial charge in [-0.1, -0.05) is 12.8 Å². The van der Waals surface area contributed by atoms with Crippen molar-refractivity contribution in [3.05, 3.63) is 0 Å². The fourth-order valence-corrected chi connectivity index (χ4v) is 1.77. The number of hydrogen-bond donors (Lipinski definition) is 2. The van der Waals surface area contributed by atoms with Crippen molar-refractivity contribution >= 4 is 5.91 Å². The quantitative estimate of drug-likeness (QED) is 0.647. The van der Waals surface area contributed by atoms with Crippen LogP contribution in [0.25, 0.3) is 0 Å². The Morgan fingerprint density at radius 1 is 1.46 bits per heavy atom. The molecule has 0 heterocycles. The van der Waals surface area contributed by atoms with Crippen molar-refractivity contribution in [2.75, 3.05) is 0 Å². The summed E-state index contributed by atoms with van der Waals surface area (Å²) in [4.78, 5) is 10.6. The van der Waals surface area contributed by atoms with Gasteiger partial charge >= 0.3 is 0 Å². The Hall–Kier alpha value is -0.570. The van der Waals surface area contributed by atoms with Gasteiger partial charge in [0.25, 0.3) is 0 Å². The smallest absolute Gasteiger partial charge is 0.218 e. The fourth-order valence-electron chi connectivity index (χ4n) is 1.77. The van der Waals surface area contributed by atoms with E-state index in [4.69, 9.17) is 5.73 Å². The predicted molar refractivity (Wildman–Crippen MR) is 53.2 cm³/mol. The number of nitrogens with two attached hydrogens (primary N) is 1. The topological polar surface area (TPSA) is 55.1 Å². The number of carbonyl (C=O) groups excluding carboxylic acids is 1. The lowest BCUT2D eigenvalue weighted by atomic mass is 10.1. The standard InChI is InChI=1S/C10H20N2O/c1-7(5-9-3-4-9)12-8(2)6-10(11)13/h7-9,12H,3-6H2,1-2H3,(H2,11,13). The summed E-state index contributed by atoms with van der Waals surface area (Å²) in [6.07, 6.45) is 4.45. The minimum absolute atomic E-state index is 0.214. The van der Waals surface area contributed by atoms with Crippen LogP contribution in [0.4, 0.5) is 0 Å². The highest BCUT2D eigenvalue weighted by Crippen LogP contribution is 2.33. The van der Waals surface area contributed by atoms with Gasteiger partial charge in [-0.2, -0.15) is 0 Å². The highest BCUT2D eigenvalue weighted by Gasteiger charge is 2.24. The van der Waals surface area contributed by atoms with E-state index < -0.39 is 0 Å². The lowest BCUT2D eigenvalue weighted by Gasteiger charge is -2.18. The normalized spacial score (nSPS) is 21.1. The van der Waals surface area contributed by atoms with Crippen molar-refractivity contribution in [3.63, 3.8) is 0 Å². The molecule has 1 aliphatic rings. The summed E-state index contributed by atoms with van der Waals surface area (Å²) in [6, 6.07) is 0.730. The number of carbonyl (C=O) groups is 1. The summed E-state index contributed by atoms with van der Waals surface area (Å²) in [6.45, 7) is 4.18. The summed E-state index contributed by atoms with van der Waals surface area (Å²) in [5.41, 5.74) is 5.10. The molecular formula is C10H20N2O. The van der Waals surface area contributed by atoms with E-state index in [2.05, 4.69) is 12.2 Å². The van der Waals surface area contributed by atoms with Gasteiger partial charge in [0.05, 0.1) is 0 Å². The Balaban J connectivity index is 2.09. The SMILES string of the molecule is CC(CC(N)=O)NC(C)CC1CC1. The first-order valence-electron chi connectivity index (χ1n) is 5.12. The summed E-state index contributed by atoms with van der Waals surface area (Å²) >= 11 is 0. The predicted octanol–water partition coefficient (Wildman–Crippen LogP) is 1.03. The molecule has 1 rings (SSSR count). The average Bonchev–Trinajstić information content (AvgIpc) is 2.67. The number of hydrogen-bond acceptors (Lipinski definition) is 2. The van der Waals surface area contributed by atoms with Crippen molar-refractivity contribution in [2.24, 2.45) is 11.7 Å². The first-order chi connectivity index (χ1) is 6.08. The molecule has 2 unspecified atom stereocenters. The Bertz CT molecular complexity index is 178. The Morgan fingerprint density at radius 3 is 2.54 bits per heavy atom. The van der Waals surface area contributed by atoms with E-state index in [9.17, 15) is 4.79 Å². The highest BCUT2D eigenvalue weighted by atomic mass is 16.1. The summed E-state index contributed by atoms with van der Waals surface area (Å²) < 4.78 is 0. The molecule has 0 aliphatic heterocycles. The largest absolute Gasteiger partial charge is 0.370 e. The van der Waals surface area contributed by atoms with Gasteiger partial charge in [-0.25, -0.2) is 0 Å². The molecule has 1 amide bonds. The van der Waals surface area contributed by atoms with E-state index in [0.717, 1.165) is 5.92 Å². The Kier molecular flexibility index (Phi) is 3.72. The van der Waals surface area contributed by atoms with Gasteiger partial charge in [0, 0.05) is 18.5 Å². The van der Waals surface area contributed by atoms with Crippen molar-refractivity contribution in [1.82, 2.24) is 5.32 Å². The van der Waals surface area contributed by atoms with Crippen LogP contribution in [0.2, 0.25) is 0 Å². The molecule has 76 valence electrons. The monoisotopic (exact) mass is 184 g/mol. The zero-order chi connectivity index (χ0) is 9.84. The van der Waals surface area contributed by atoms with Crippen molar-refractivity contribution < 1.29 is 4.79 Å². The number of rotatable bonds is 6. The minimum Gasteiger partial charge on any atom is -0.370 e. The first-order valence-corrected chi connectivity index (χ1v) is 5.12. The van der Waals surface area contributed by atoms with Crippen LogP contribution >= 0.6 is 0 Å². The second-order valence-electron chi connectivity index (χ2n) is 4.32. The second kappa shape index (κ2) is 4.61. The molecule has 0 radical (unpaired) electrons. The number of nitrogens with one attached hydrogen (secondary N) is 1.